The molecular weight excluding hydrogens is 941 g/mol. The van der Waals surface area contributed by atoms with Crippen LogP contribution in [0.15, 0.2) is 243 Å². The molecule has 2 heteroatoms. The second-order valence-electron chi connectivity index (χ2n) is 21.9. The third kappa shape index (κ3) is 7.30. The molecule has 0 N–H and O–H groups in total. The minimum atomic E-state index is -0.0907. The fourth-order valence-electron chi connectivity index (χ4n) is 13.3. The van der Waals surface area contributed by atoms with Crippen molar-refractivity contribution in [2.75, 3.05) is 0 Å². The fourth-order valence-corrected chi connectivity index (χ4v) is 13.3. The van der Waals surface area contributed by atoms with E-state index in [1.165, 1.54) is 133 Å². The van der Waals surface area contributed by atoms with Crippen LogP contribution in [0.1, 0.15) is 77.6 Å². The highest BCUT2D eigenvalue weighted by Crippen LogP contribution is 2.57. The SMILES string of the molecule is C/C=C\C.CC.CC1(C)c2ccccc2-c2ccc(-c3ccc4c5c(n(-c6ccccc6)c4c3)-c3ccccc3-c3c(n(-c4ccccc4)c4cc(-c6ccc7c(c6)C(C)(C)c6ccccc6-7)ccc34)-c3ccccc3-5)cc21. The van der Waals surface area contributed by atoms with Gasteiger partial charge in [0.15, 0.2) is 0 Å². The molecule has 0 spiro atoms. The summed E-state index contributed by atoms with van der Waals surface area (Å²) in [6.07, 6.45) is 4.00. The summed E-state index contributed by atoms with van der Waals surface area (Å²) in [5.41, 5.74) is 30.0. The largest absolute Gasteiger partial charge is 0.309 e. The van der Waals surface area contributed by atoms with Crippen molar-refractivity contribution in [1.29, 1.82) is 0 Å². The summed E-state index contributed by atoms with van der Waals surface area (Å²) in [6, 6.07) is 86.8. The van der Waals surface area contributed by atoms with E-state index in [0.29, 0.717) is 0 Å². The zero-order chi connectivity index (χ0) is 53.5. The van der Waals surface area contributed by atoms with Crippen LogP contribution < -0.4 is 0 Å². The smallest absolute Gasteiger partial charge is 0.0625 e. The highest BCUT2D eigenvalue weighted by atomic mass is 15.0. The molecule has 0 saturated carbocycles. The zero-order valence-electron chi connectivity index (χ0n) is 46.0. The van der Waals surface area contributed by atoms with Crippen molar-refractivity contribution < 1.29 is 0 Å². The highest BCUT2D eigenvalue weighted by molar-refractivity contribution is 6.17. The molecule has 12 aromatic rings. The summed E-state index contributed by atoms with van der Waals surface area (Å²) in [5.74, 6) is 0. The number of para-hydroxylation sites is 2. The predicted octanol–water partition coefficient (Wildman–Crippen LogP) is 21.1. The van der Waals surface area contributed by atoms with Crippen molar-refractivity contribution in [3.63, 3.8) is 0 Å². The molecule has 0 fully saturated rings. The summed E-state index contributed by atoms with van der Waals surface area (Å²) >= 11 is 0. The van der Waals surface area contributed by atoms with Gasteiger partial charge in [0.2, 0.25) is 0 Å². The molecule has 0 amide bonds. The number of benzene rings is 10. The van der Waals surface area contributed by atoms with Gasteiger partial charge in [-0.05, 0) is 140 Å². The van der Waals surface area contributed by atoms with E-state index in [-0.39, 0.29) is 10.8 Å². The zero-order valence-corrected chi connectivity index (χ0v) is 46.0. The van der Waals surface area contributed by atoms with Gasteiger partial charge in [0.05, 0.1) is 22.4 Å². The normalized spacial score (nSPS) is 13.5. The molecule has 78 heavy (non-hydrogen) atoms. The fraction of sp³-hybridized carbons (Fsp3) is 0.132. The molecular formula is C76H64N2. The number of nitrogens with zero attached hydrogens (tertiary/aromatic N) is 2. The van der Waals surface area contributed by atoms with Crippen LogP contribution in [0.25, 0.3) is 122 Å². The van der Waals surface area contributed by atoms with Gasteiger partial charge >= 0.3 is 0 Å². The lowest BCUT2D eigenvalue weighted by Crippen LogP contribution is -2.14. The number of hydrogen-bond acceptors (Lipinski definition) is 0. The Morgan fingerprint density at radius 3 is 0.987 bits per heavy atom. The molecule has 2 aromatic heterocycles. The number of aromatic nitrogens is 2. The van der Waals surface area contributed by atoms with E-state index in [0.717, 1.165) is 11.4 Å². The van der Waals surface area contributed by atoms with E-state index in [1.807, 2.05) is 39.8 Å². The van der Waals surface area contributed by atoms with Crippen molar-refractivity contribution in [2.24, 2.45) is 0 Å². The lowest BCUT2D eigenvalue weighted by molar-refractivity contribution is 0.660. The van der Waals surface area contributed by atoms with Crippen LogP contribution in [0.2, 0.25) is 0 Å². The van der Waals surface area contributed by atoms with Gasteiger partial charge in [0.1, 0.15) is 0 Å². The molecule has 2 nitrogen and oxygen atoms in total. The molecule has 378 valence electrons. The molecule has 0 saturated heterocycles. The van der Waals surface area contributed by atoms with Crippen LogP contribution in [0.5, 0.6) is 0 Å². The van der Waals surface area contributed by atoms with E-state index in [2.05, 4.69) is 267 Å². The molecule has 0 atom stereocenters. The van der Waals surface area contributed by atoms with Crippen molar-refractivity contribution in [3.05, 3.63) is 265 Å². The molecule has 3 aliphatic carbocycles. The molecule has 10 aromatic carbocycles. The molecule has 3 aliphatic rings. The topological polar surface area (TPSA) is 9.86 Å². The van der Waals surface area contributed by atoms with E-state index in [9.17, 15) is 0 Å². The van der Waals surface area contributed by atoms with Crippen LogP contribution >= 0.6 is 0 Å². The summed E-state index contributed by atoms with van der Waals surface area (Å²) in [5, 5.41) is 2.45. The van der Waals surface area contributed by atoms with Gasteiger partial charge < -0.3 is 9.13 Å². The number of rotatable bonds is 4. The van der Waals surface area contributed by atoms with E-state index < -0.39 is 0 Å². The standard InChI is InChI=1S/C70H50N2.C4H8.C2H6/c1-69(2)59-29-17-15-23-49(59)51-35-31-43(39-61(51)69)45-33-37-57-63(41-45)71(47-19-7-5-8-20-47)67-55-27-13-12-26-54(55)66-58-38-34-46(44-32-36-52-50-24-16-18-30-60(50)70(3,4)62(52)40-44)42-64(58)72(48-21-9-6-10-22-48)68(66)56-28-14-11-25-53(56)65(57)67;1-3-4-2;1-2/h5-42H,1-4H3;3-4H,1-2H3;1-2H3/b;4-3-;. The predicted molar refractivity (Wildman–Crippen MR) is 333 cm³/mol. The van der Waals surface area contributed by atoms with Gasteiger partial charge in [-0.25, -0.2) is 0 Å². The Bertz CT molecular complexity index is 4060. The molecule has 0 aliphatic heterocycles. The third-order valence-corrected chi connectivity index (χ3v) is 17.0. The van der Waals surface area contributed by atoms with Crippen molar-refractivity contribution in [2.45, 2.75) is 66.2 Å². The van der Waals surface area contributed by atoms with E-state index in [4.69, 9.17) is 0 Å². The maximum Gasteiger partial charge on any atom is 0.0625 e. The average molecular weight is 1010 g/mol. The van der Waals surface area contributed by atoms with Gasteiger partial charge in [0.25, 0.3) is 0 Å². The molecule has 2 heterocycles. The Morgan fingerprint density at radius 1 is 0.295 bits per heavy atom. The Morgan fingerprint density at radius 2 is 0.603 bits per heavy atom. The second-order valence-corrected chi connectivity index (χ2v) is 21.9. The Kier molecular flexibility index (Phi) is 11.8. The van der Waals surface area contributed by atoms with Crippen LogP contribution in [0.4, 0.5) is 0 Å². The summed E-state index contributed by atoms with van der Waals surface area (Å²) < 4.78 is 5.09. The van der Waals surface area contributed by atoms with Gasteiger partial charge in [0, 0.05) is 55.2 Å². The first-order valence-electron chi connectivity index (χ1n) is 27.9. The molecule has 0 radical (unpaired) electrons. The van der Waals surface area contributed by atoms with Gasteiger partial charge in [-0.1, -0.05) is 236 Å². The minimum Gasteiger partial charge on any atom is -0.309 e. The van der Waals surface area contributed by atoms with Crippen LogP contribution in [-0.4, -0.2) is 9.13 Å². The number of allylic oxidation sites excluding steroid dienone is 2. The second kappa shape index (κ2) is 18.9. The monoisotopic (exact) mass is 1000 g/mol. The Hall–Kier alpha value is -8.98. The highest BCUT2D eigenvalue weighted by Gasteiger charge is 2.38. The first kappa shape index (κ1) is 48.6. The average Bonchev–Trinajstić information content (AvgIpc) is 4.27. The maximum atomic E-state index is 2.55. The van der Waals surface area contributed by atoms with Gasteiger partial charge in [-0.3, -0.25) is 0 Å². The van der Waals surface area contributed by atoms with E-state index in [1.54, 1.807) is 0 Å². The van der Waals surface area contributed by atoms with Crippen molar-refractivity contribution in [3.8, 4) is 101 Å². The first-order valence-corrected chi connectivity index (χ1v) is 27.9. The lowest BCUT2D eigenvalue weighted by atomic mass is 9.81. The maximum absolute atomic E-state index is 2.55. The quantitative estimate of drug-likeness (QED) is 0.156. The number of fused-ring (bicyclic) bond motifs is 18. The lowest BCUT2D eigenvalue weighted by Gasteiger charge is -2.23. The van der Waals surface area contributed by atoms with Crippen LogP contribution in [-0.2, 0) is 10.8 Å². The summed E-state index contributed by atoms with van der Waals surface area (Å²) in [6.45, 7) is 17.5. The molecule has 15 rings (SSSR count). The van der Waals surface area contributed by atoms with Gasteiger partial charge in [-0.15, -0.1) is 0 Å². The summed E-state index contributed by atoms with van der Waals surface area (Å²) in [4.78, 5) is 0. The Labute approximate surface area is 460 Å². The van der Waals surface area contributed by atoms with Crippen LogP contribution in [0.3, 0.4) is 0 Å². The van der Waals surface area contributed by atoms with Crippen molar-refractivity contribution >= 4 is 21.8 Å². The third-order valence-electron chi connectivity index (χ3n) is 17.0. The van der Waals surface area contributed by atoms with Crippen molar-refractivity contribution in [1.82, 2.24) is 9.13 Å². The van der Waals surface area contributed by atoms with Crippen LogP contribution in [0, 0.1) is 0 Å². The number of hydrogen-bond donors (Lipinski definition) is 0. The van der Waals surface area contributed by atoms with E-state index >= 15 is 0 Å². The minimum absolute atomic E-state index is 0.0907. The van der Waals surface area contributed by atoms with Gasteiger partial charge in [-0.2, -0.15) is 0 Å². The summed E-state index contributed by atoms with van der Waals surface area (Å²) in [7, 11) is 0. The Balaban J connectivity index is 0.000000925. The molecule has 0 unspecified atom stereocenters. The molecule has 0 bridgehead atoms. The first-order chi connectivity index (χ1) is 38.2.